The molecule has 24 heavy (non-hydrogen) atoms. The van der Waals surface area contributed by atoms with Crippen LogP contribution >= 0.6 is 0 Å². The number of nitrogens with one attached hydrogen (secondary N) is 1. The summed E-state index contributed by atoms with van der Waals surface area (Å²) in [4.78, 5) is 28.1. The lowest BCUT2D eigenvalue weighted by Crippen LogP contribution is -2.49. The predicted octanol–water partition coefficient (Wildman–Crippen LogP) is 2.66. The van der Waals surface area contributed by atoms with E-state index in [0.29, 0.717) is 18.2 Å². The Morgan fingerprint density at radius 2 is 1.96 bits per heavy atom. The van der Waals surface area contributed by atoms with Crippen LogP contribution in [0.3, 0.4) is 0 Å². The van der Waals surface area contributed by atoms with Gasteiger partial charge in [-0.15, -0.1) is 0 Å². The maximum atomic E-state index is 12.7. The van der Waals surface area contributed by atoms with E-state index in [-0.39, 0.29) is 17.9 Å². The van der Waals surface area contributed by atoms with Crippen molar-refractivity contribution in [1.29, 1.82) is 0 Å². The van der Waals surface area contributed by atoms with Crippen molar-refractivity contribution in [2.45, 2.75) is 52.6 Å². The highest BCUT2D eigenvalue weighted by atomic mass is 16.2. The number of anilines is 1. The average molecular weight is 331 g/mol. The number of amides is 2. The lowest BCUT2D eigenvalue weighted by molar-refractivity contribution is -0.120. The van der Waals surface area contributed by atoms with Crippen molar-refractivity contribution in [3.05, 3.63) is 29.8 Å². The zero-order chi connectivity index (χ0) is 17.7. The first-order valence-corrected chi connectivity index (χ1v) is 8.85. The molecule has 0 bridgehead atoms. The minimum atomic E-state index is -0.0352. The molecule has 0 unspecified atom stereocenters. The van der Waals surface area contributed by atoms with E-state index in [1.165, 1.54) is 6.92 Å². The molecule has 132 valence electrons. The molecule has 1 atom stereocenters. The molecular weight excluding hydrogens is 302 g/mol. The lowest BCUT2D eigenvalue weighted by atomic mass is 10.0. The van der Waals surface area contributed by atoms with Gasteiger partial charge < -0.3 is 15.1 Å². The molecule has 1 heterocycles. The quantitative estimate of drug-likeness (QED) is 0.902. The summed E-state index contributed by atoms with van der Waals surface area (Å²) in [5.74, 6) is 0.0104. The minimum Gasteiger partial charge on any atom is -0.369 e. The molecule has 5 heteroatoms. The van der Waals surface area contributed by atoms with E-state index in [1.54, 1.807) is 0 Å². The average Bonchev–Trinajstić information content (AvgIpc) is 2.55. The van der Waals surface area contributed by atoms with Crippen LogP contribution in [0.25, 0.3) is 0 Å². The largest absolute Gasteiger partial charge is 0.369 e. The zero-order valence-corrected chi connectivity index (χ0v) is 15.2. The molecule has 1 N–H and O–H groups in total. The summed E-state index contributed by atoms with van der Waals surface area (Å²) < 4.78 is 0. The van der Waals surface area contributed by atoms with Crippen LogP contribution in [0, 0.1) is 0 Å². The molecule has 0 radical (unpaired) electrons. The Morgan fingerprint density at radius 3 is 2.50 bits per heavy atom. The van der Waals surface area contributed by atoms with Crippen molar-refractivity contribution in [2.75, 3.05) is 24.5 Å². The van der Waals surface area contributed by atoms with Crippen molar-refractivity contribution < 1.29 is 9.59 Å². The number of carbonyl (C=O) groups is 2. The highest BCUT2D eigenvalue weighted by Crippen LogP contribution is 2.20. The first kappa shape index (κ1) is 18.3. The molecule has 1 saturated heterocycles. The summed E-state index contributed by atoms with van der Waals surface area (Å²) >= 11 is 0. The van der Waals surface area contributed by atoms with Crippen LogP contribution in [0.1, 0.15) is 50.9 Å². The van der Waals surface area contributed by atoms with Gasteiger partial charge >= 0.3 is 0 Å². The summed E-state index contributed by atoms with van der Waals surface area (Å²) in [7, 11) is 0. The van der Waals surface area contributed by atoms with Crippen LogP contribution < -0.4 is 10.2 Å². The molecule has 2 rings (SSSR count). The Balaban J connectivity index is 2.05. The van der Waals surface area contributed by atoms with Crippen LogP contribution in [0.2, 0.25) is 0 Å². The maximum Gasteiger partial charge on any atom is 0.253 e. The van der Waals surface area contributed by atoms with Gasteiger partial charge in [0.25, 0.3) is 5.91 Å². The van der Waals surface area contributed by atoms with Gasteiger partial charge in [-0.05, 0) is 57.9 Å². The van der Waals surface area contributed by atoms with Crippen LogP contribution in [0.5, 0.6) is 0 Å². The fourth-order valence-corrected chi connectivity index (χ4v) is 3.39. The number of benzene rings is 1. The minimum absolute atomic E-state index is 0.0352. The standard InChI is InChI=1S/C19H29N3O2/c1-5-22(14(2)3)18-10-8-16(9-11-18)19(24)21-12-6-7-17(13-21)20-15(4)23/h8-11,14,17H,5-7,12-13H2,1-4H3,(H,20,23)/t17-/m1/s1. The molecule has 2 amide bonds. The Morgan fingerprint density at radius 1 is 1.29 bits per heavy atom. The molecule has 0 spiro atoms. The van der Waals surface area contributed by atoms with Gasteiger partial charge in [0.05, 0.1) is 0 Å². The normalized spacial score (nSPS) is 17.7. The number of piperidine rings is 1. The number of likely N-dealkylation sites (tertiary alicyclic amines) is 1. The van der Waals surface area contributed by atoms with Crippen LogP contribution in [-0.2, 0) is 4.79 Å². The van der Waals surface area contributed by atoms with Crippen LogP contribution in [-0.4, -0.2) is 48.4 Å². The topological polar surface area (TPSA) is 52.7 Å². The predicted molar refractivity (Wildman–Crippen MR) is 97.3 cm³/mol. The summed E-state index contributed by atoms with van der Waals surface area (Å²) in [6.45, 7) is 10.3. The van der Waals surface area contributed by atoms with Gasteiger partial charge in [-0.2, -0.15) is 0 Å². The van der Waals surface area contributed by atoms with Gasteiger partial charge in [0.1, 0.15) is 0 Å². The third-order valence-electron chi connectivity index (χ3n) is 4.53. The summed E-state index contributed by atoms with van der Waals surface area (Å²) in [5.41, 5.74) is 1.85. The van der Waals surface area contributed by atoms with Crippen molar-refractivity contribution in [2.24, 2.45) is 0 Å². The second-order valence-electron chi connectivity index (χ2n) is 6.72. The molecule has 1 aliphatic rings. The fourth-order valence-electron chi connectivity index (χ4n) is 3.39. The zero-order valence-electron chi connectivity index (χ0n) is 15.2. The Hall–Kier alpha value is -2.04. The lowest BCUT2D eigenvalue weighted by Gasteiger charge is -2.33. The first-order valence-electron chi connectivity index (χ1n) is 8.85. The Bertz CT molecular complexity index is 568. The monoisotopic (exact) mass is 331 g/mol. The van der Waals surface area contributed by atoms with E-state index < -0.39 is 0 Å². The smallest absolute Gasteiger partial charge is 0.253 e. The number of nitrogens with zero attached hydrogens (tertiary/aromatic N) is 2. The van der Waals surface area contributed by atoms with Gasteiger partial charge in [-0.1, -0.05) is 0 Å². The molecule has 5 nitrogen and oxygen atoms in total. The molecule has 0 saturated carbocycles. The third kappa shape index (κ3) is 4.49. The van der Waals surface area contributed by atoms with Gasteiger partial charge in [0, 0.05) is 49.9 Å². The number of hydrogen-bond donors (Lipinski definition) is 1. The number of hydrogen-bond acceptors (Lipinski definition) is 3. The molecule has 1 aliphatic heterocycles. The molecule has 1 aromatic rings. The highest BCUT2D eigenvalue weighted by Gasteiger charge is 2.25. The molecule has 1 fully saturated rings. The van der Waals surface area contributed by atoms with Crippen molar-refractivity contribution in [3.8, 4) is 0 Å². The van der Waals surface area contributed by atoms with Gasteiger partial charge in [0.15, 0.2) is 0 Å². The molecule has 1 aromatic carbocycles. The van der Waals surface area contributed by atoms with E-state index in [9.17, 15) is 9.59 Å². The molecular formula is C19H29N3O2. The molecule has 0 aromatic heterocycles. The second-order valence-corrected chi connectivity index (χ2v) is 6.72. The SMILES string of the molecule is CCN(c1ccc(C(=O)N2CCC[C@@H](NC(C)=O)C2)cc1)C(C)C. The van der Waals surface area contributed by atoms with E-state index in [4.69, 9.17) is 0 Å². The number of rotatable bonds is 5. The van der Waals surface area contributed by atoms with Crippen LogP contribution in [0.4, 0.5) is 5.69 Å². The van der Waals surface area contributed by atoms with Crippen LogP contribution in [0.15, 0.2) is 24.3 Å². The van der Waals surface area contributed by atoms with Gasteiger partial charge in [0.2, 0.25) is 5.91 Å². The fraction of sp³-hybridized carbons (Fsp3) is 0.579. The highest BCUT2D eigenvalue weighted by molar-refractivity contribution is 5.94. The second kappa shape index (κ2) is 8.18. The summed E-state index contributed by atoms with van der Waals surface area (Å²) in [6.07, 6.45) is 1.86. The summed E-state index contributed by atoms with van der Waals surface area (Å²) in [6, 6.07) is 8.35. The Kier molecular flexibility index (Phi) is 6.23. The Labute approximate surface area is 145 Å². The van der Waals surface area contributed by atoms with Crippen molar-refractivity contribution in [1.82, 2.24) is 10.2 Å². The van der Waals surface area contributed by atoms with E-state index in [1.807, 2.05) is 29.2 Å². The third-order valence-corrected chi connectivity index (χ3v) is 4.53. The van der Waals surface area contributed by atoms with E-state index >= 15 is 0 Å². The first-order chi connectivity index (χ1) is 11.4. The number of carbonyl (C=O) groups excluding carboxylic acids is 2. The van der Waals surface area contributed by atoms with Crippen molar-refractivity contribution in [3.63, 3.8) is 0 Å². The van der Waals surface area contributed by atoms with Gasteiger partial charge in [-0.25, -0.2) is 0 Å². The van der Waals surface area contributed by atoms with E-state index in [0.717, 1.165) is 31.6 Å². The van der Waals surface area contributed by atoms with Crippen molar-refractivity contribution >= 4 is 17.5 Å². The maximum absolute atomic E-state index is 12.7. The molecule has 0 aliphatic carbocycles. The van der Waals surface area contributed by atoms with Gasteiger partial charge in [-0.3, -0.25) is 9.59 Å². The summed E-state index contributed by atoms with van der Waals surface area (Å²) in [5, 5.41) is 2.92. The van der Waals surface area contributed by atoms with E-state index in [2.05, 4.69) is 31.0 Å².